The number of rotatable bonds is 2. The van der Waals surface area contributed by atoms with Crippen LogP contribution in [0.5, 0.6) is 5.75 Å². The molecule has 0 aliphatic rings. The number of benzene rings is 1. The van der Waals surface area contributed by atoms with Crippen molar-refractivity contribution in [3.63, 3.8) is 0 Å². The largest absolute Gasteiger partial charge is 0.573 e. The van der Waals surface area contributed by atoms with E-state index in [9.17, 15) is 22.0 Å². The number of ether oxygens (including phenoxy) is 1. The highest BCUT2D eigenvalue weighted by atomic mass is 19.4. The summed E-state index contributed by atoms with van der Waals surface area (Å²) in [6.07, 6.45) is -8.07. The quantitative estimate of drug-likeness (QED) is 0.622. The van der Waals surface area contributed by atoms with Crippen LogP contribution in [0, 0.1) is 0 Å². The highest BCUT2D eigenvalue weighted by Crippen LogP contribution is 2.34. The molecule has 15 heavy (non-hydrogen) atoms. The normalized spacial score (nSPS) is 11.9. The monoisotopic (exact) mass is 227 g/mol. The summed E-state index contributed by atoms with van der Waals surface area (Å²) in [7, 11) is 0. The van der Waals surface area contributed by atoms with Crippen molar-refractivity contribution in [3.8, 4) is 5.75 Å². The van der Waals surface area contributed by atoms with Gasteiger partial charge in [-0.1, -0.05) is 0 Å². The molecule has 0 heterocycles. The topological polar surface area (TPSA) is 35.2 Å². The minimum Gasteiger partial charge on any atom is -0.405 e. The Hall–Kier alpha value is -1.53. The summed E-state index contributed by atoms with van der Waals surface area (Å²) in [6.45, 7) is 0. The molecule has 2 N–H and O–H groups in total. The summed E-state index contributed by atoms with van der Waals surface area (Å²) in [5, 5.41) is 0. The van der Waals surface area contributed by atoms with Gasteiger partial charge in [0, 0.05) is 11.8 Å². The van der Waals surface area contributed by atoms with Crippen molar-refractivity contribution in [2.24, 2.45) is 0 Å². The van der Waals surface area contributed by atoms with E-state index in [-0.39, 0.29) is 5.69 Å². The third kappa shape index (κ3) is 3.26. The standard InChI is InChI=1S/C8H6F5NO/c9-7(10)5-2-1-4(14)3-6(5)15-8(11,12)13/h1-3,7H,14H2. The van der Waals surface area contributed by atoms with Crippen LogP contribution in [0.3, 0.4) is 0 Å². The highest BCUT2D eigenvalue weighted by Gasteiger charge is 2.33. The molecule has 0 bridgehead atoms. The Bertz CT molecular complexity index is 349. The maximum absolute atomic E-state index is 12.2. The molecule has 0 radical (unpaired) electrons. The summed E-state index contributed by atoms with van der Waals surface area (Å²) in [5.41, 5.74) is 4.22. The number of hydrogen-bond acceptors (Lipinski definition) is 2. The van der Waals surface area contributed by atoms with Crippen molar-refractivity contribution in [3.05, 3.63) is 23.8 Å². The van der Waals surface area contributed by atoms with Crippen LogP contribution in [0.4, 0.5) is 27.6 Å². The van der Waals surface area contributed by atoms with Gasteiger partial charge in [0.25, 0.3) is 6.43 Å². The van der Waals surface area contributed by atoms with Gasteiger partial charge in [0.05, 0.1) is 5.56 Å². The molecule has 0 saturated heterocycles. The van der Waals surface area contributed by atoms with Crippen molar-refractivity contribution in [2.45, 2.75) is 12.8 Å². The third-order valence-corrected chi connectivity index (χ3v) is 1.50. The summed E-state index contributed by atoms with van der Waals surface area (Å²) < 4.78 is 63.3. The fourth-order valence-corrected chi connectivity index (χ4v) is 0.944. The number of anilines is 1. The Balaban J connectivity index is 3.08. The van der Waals surface area contributed by atoms with Gasteiger partial charge >= 0.3 is 6.36 Å². The highest BCUT2D eigenvalue weighted by molar-refractivity contribution is 5.49. The molecule has 0 fully saturated rings. The Labute approximate surface area is 81.4 Å². The molecule has 0 aliphatic heterocycles. The molecule has 0 atom stereocenters. The number of halogens is 5. The van der Waals surface area contributed by atoms with Crippen LogP contribution < -0.4 is 10.5 Å². The van der Waals surface area contributed by atoms with Crippen LogP contribution in [0.15, 0.2) is 18.2 Å². The third-order valence-electron chi connectivity index (χ3n) is 1.50. The lowest BCUT2D eigenvalue weighted by Gasteiger charge is -2.13. The van der Waals surface area contributed by atoms with Gasteiger partial charge in [-0.05, 0) is 12.1 Å². The molecule has 7 heteroatoms. The Kier molecular flexibility index (Phi) is 3.01. The van der Waals surface area contributed by atoms with Gasteiger partial charge in [0.15, 0.2) is 0 Å². The fraction of sp³-hybridized carbons (Fsp3) is 0.250. The molecule has 1 aromatic rings. The lowest BCUT2D eigenvalue weighted by Crippen LogP contribution is -2.18. The second-order valence-electron chi connectivity index (χ2n) is 2.65. The lowest BCUT2D eigenvalue weighted by atomic mass is 10.2. The van der Waals surface area contributed by atoms with E-state index in [0.717, 1.165) is 12.1 Å². The average molecular weight is 227 g/mol. The summed E-state index contributed by atoms with van der Waals surface area (Å²) in [6, 6.07) is 2.57. The van der Waals surface area contributed by atoms with Crippen molar-refractivity contribution < 1.29 is 26.7 Å². The number of nitrogens with two attached hydrogens (primary N) is 1. The van der Waals surface area contributed by atoms with Crippen LogP contribution in [-0.2, 0) is 0 Å². The van der Waals surface area contributed by atoms with E-state index in [1.807, 2.05) is 0 Å². The molecule has 1 aromatic carbocycles. The van der Waals surface area contributed by atoms with Crippen LogP contribution in [-0.4, -0.2) is 6.36 Å². The van der Waals surface area contributed by atoms with Gasteiger partial charge in [0.2, 0.25) is 0 Å². The first kappa shape index (κ1) is 11.5. The molecule has 84 valence electrons. The molecular formula is C8H6F5NO. The second kappa shape index (κ2) is 3.92. The summed E-state index contributed by atoms with van der Waals surface area (Å²) >= 11 is 0. The fourth-order valence-electron chi connectivity index (χ4n) is 0.944. The Morgan fingerprint density at radius 3 is 2.27 bits per heavy atom. The van der Waals surface area contributed by atoms with Crippen molar-refractivity contribution in [2.75, 3.05) is 5.73 Å². The first-order valence-electron chi connectivity index (χ1n) is 3.73. The van der Waals surface area contributed by atoms with E-state index < -0.39 is 24.1 Å². The van der Waals surface area contributed by atoms with Crippen LogP contribution >= 0.6 is 0 Å². The van der Waals surface area contributed by atoms with E-state index in [4.69, 9.17) is 5.73 Å². The van der Waals surface area contributed by atoms with Crippen LogP contribution in [0.1, 0.15) is 12.0 Å². The maximum Gasteiger partial charge on any atom is 0.573 e. The molecule has 0 aliphatic carbocycles. The van der Waals surface area contributed by atoms with Crippen LogP contribution in [0.2, 0.25) is 0 Å². The molecular weight excluding hydrogens is 221 g/mol. The average Bonchev–Trinajstić information content (AvgIpc) is 1.99. The minimum atomic E-state index is -5.02. The number of hydrogen-bond donors (Lipinski definition) is 1. The number of nitrogen functional groups attached to an aromatic ring is 1. The molecule has 2 nitrogen and oxygen atoms in total. The van der Waals surface area contributed by atoms with Gasteiger partial charge < -0.3 is 10.5 Å². The maximum atomic E-state index is 12.2. The molecule has 0 aromatic heterocycles. The van der Waals surface area contributed by atoms with E-state index in [0.29, 0.717) is 6.07 Å². The minimum absolute atomic E-state index is 0.0846. The Morgan fingerprint density at radius 2 is 1.80 bits per heavy atom. The second-order valence-corrected chi connectivity index (χ2v) is 2.65. The zero-order valence-electron chi connectivity index (χ0n) is 7.18. The van der Waals surface area contributed by atoms with Crippen molar-refractivity contribution >= 4 is 5.69 Å². The van der Waals surface area contributed by atoms with E-state index in [1.165, 1.54) is 0 Å². The van der Waals surface area contributed by atoms with Crippen LogP contribution in [0.25, 0.3) is 0 Å². The van der Waals surface area contributed by atoms with E-state index in [2.05, 4.69) is 4.74 Å². The first-order valence-corrected chi connectivity index (χ1v) is 3.73. The number of alkyl halides is 5. The van der Waals surface area contributed by atoms with Gasteiger partial charge in [-0.2, -0.15) is 0 Å². The molecule has 0 unspecified atom stereocenters. The van der Waals surface area contributed by atoms with E-state index >= 15 is 0 Å². The predicted octanol–water partition coefficient (Wildman–Crippen LogP) is 3.11. The van der Waals surface area contributed by atoms with Gasteiger partial charge in [0.1, 0.15) is 5.75 Å². The zero-order valence-corrected chi connectivity index (χ0v) is 7.18. The SMILES string of the molecule is Nc1ccc(C(F)F)c(OC(F)(F)F)c1. The molecule has 0 amide bonds. The predicted molar refractivity (Wildman–Crippen MR) is 42.5 cm³/mol. The van der Waals surface area contributed by atoms with E-state index in [1.54, 1.807) is 0 Å². The molecule has 0 saturated carbocycles. The smallest absolute Gasteiger partial charge is 0.405 e. The summed E-state index contributed by atoms with van der Waals surface area (Å²) in [5.74, 6) is -0.975. The van der Waals surface area contributed by atoms with Gasteiger partial charge in [-0.15, -0.1) is 13.2 Å². The zero-order chi connectivity index (χ0) is 11.6. The Morgan fingerprint density at radius 1 is 1.20 bits per heavy atom. The molecule has 1 rings (SSSR count). The van der Waals surface area contributed by atoms with Gasteiger partial charge in [-0.25, -0.2) is 8.78 Å². The summed E-state index contributed by atoms with van der Waals surface area (Å²) in [4.78, 5) is 0. The molecule has 0 spiro atoms. The van der Waals surface area contributed by atoms with Crippen molar-refractivity contribution in [1.29, 1.82) is 0 Å². The van der Waals surface area contributed by atoms with Gasteiger partial charge in [-0.3, -0.25) is 0 Å². The first-order chi connectivity index (χ1) is 6.79. The lowest BCUT2D eigenvalue weighted by molar-refractivity contribution is -0.275. The van der Waals surface area contributed by atoms with Crippen molar-refractivity contribution in [1.82, 2.24) is 0 Å².